The molecule has 3 rings (SSSR count). The van der Waals surface area contributed by atoms with E-state index in [9.17, 15) is 16.8 Å². The fourth-order valence-corrected chi connectivity index (χ4v) is 6.33. The Hall–Kier alpha value is -1.97. The molecule has 0 atom stereocenters. The quantitative estimate of drug-likeness (QED) is 0.683. The Labute approximate surface area is 176 Å². The van der Waals surface area contributed by atoms with E-state index >= 15 is 0 Å². The Morgan fingerprint density at radius 1 is 1.14 bits per heavy atom. The number of hydrogen-bond donors (Lipinski definition) is 1. The standard InChI is InChI=1S/C19H23ClN2O5S2/c1-3-11-28(23,24)22-10-4-5-14-12-15(6-8-18(14)22)21-29(25,26)16-7-9-19(27-2)17(20)13-16/h6-9,12-13,21H,3-5,10-11H2,1-2H3. The van der Waals surface area contributed by atoms with Gasteiger partial charge in [-0.3, -0.25) is 9.03 Å². The number of methoxy groups -OCH3 is 1. The molecule has 0 saturated heterocycles. The summed E-state index contributed by atoms with van der Waals surface area (Å²) in [4.78, 5) is 0.00757. The molecule has 0 aliphatic carbocycles. The number of sulfonamides is 2. The van der Waals surface area contributed by atoms with Crippen LogP contribution in [0.25, 0.3) is 0 Å². The lowest BCUT2D eigenvalue weighted by molar-refractivity contribution is 0.414. The van der Waals surface area contributed by atoms with Crippen LogP contribution < -0.4 is 13.8 Å². The Balaban J connectivity index is 1.89. The molecular formula is C19H23ClN2O5S2. The van der Waals surface area contributed by atoms with E-state index in [0.29, 0.717) is 42.9 Å². The maximum absolute atomic E-state index is 12.7. The van der Waals surface area contributed by atoms with Gasteiger partial charge in [-0.15, -0.1) is 0 Å². The number of fused-ring (bicyclic) bond motifs is 1. The van der Waals surface area contributed by atoms with Gasteiger partial charge in [0.2, 0.25) is 10.0 Å². The summed E-state index contributed by atoms with van der Waals surface area (Å²) < 4.78 is 59.5. The number of anilines is 2. The van der Waals surface area contributed by atoms with Crippen molar-refractivity contribution in [2.75, 3.05) is 28.4 Å². The molecule has 1 aliphatic rings. The van der Waals surface area contributed by atoms with Crippen molar-refractivity contribution in [2.24, 2.45) is 0 Å². The monoisotopic (exact) mass is 458 g/mol. The van der Waals surface area contributed by atoms with Crippen LogP contribution in [0.5, 0.6) is 5.75 Å². The van der Waals surface area contributed by atoms with E-state index in [1.165, 1.54) is 29.6 Å². The van der Waals surface area contributed by atoms with Gasteiger partial charge in [-0.25, -0.2) is 16.8 Å². The molecule has 0 spiro atoms. The summed E-state index contributed by atoms with van der Waals surface area (Å²) in [7, 11) is -5.79. The Kier molecular flexibility index (Phi) is 6.30. The molecule has 0 bridgehead atoms. The highest BCUT2D eigenvalue weighted by molar-refractivity contribution is 7.93. The zero-order valence-electron chi connectivity index (χ0n) is 16.2. The van der Waals surface area contributed by atoms with Crippen molar-refractivity contribution in [2.45, 2.75) is 31.1 Å². The molecule has 2 aromatic rings. The fraction of sp³-hybridized carbons (Fsp3) is 0.368. The minimum atomic E-state index is -3.86. The lowest BCUT2D eigenvalue weighted by Gasteiger charge is -2.30. The van der Waals surface area contributed by atoms with Crippen molar-refractivity contribution in [3.8, 4) is 5.75 Å². The van der Waals surface area contributed by atoms with Crippen molar-refractivity contribution in [3.63, 3.8) is 0 Å². The van der Waals surface area contributed by atoms with Gasteiger partial charge in [-0.1, -0.05) is 18.5 Å². The van der Waals surface area contributed by atoms with E-state index in [4.69, 9.17) is 16.3 Å². The maximum atomic E-state index is 12.7. The summed E-state index contributed by atoms with van der Waals surface area (Å²) in [6.45, 7) is 2.26. The summed E-state index contributed by atoms with van der Waals surface area (Å²) in [6, 6.07) is 9.12. The van der Waals surface area contributed by atoms with Crippen LogP contribution >= 0.6 is 11.6 Å². The van der Waals surface area contributed by atoms with Gasteiger partial charge in [0.1, 0.15) is 5.75 Å². The molecule has 0 amide bonds. The summed E-state index contributed by atoms with van der Waals surface area (Å²) in [5, 5.41) is 0.192. The van der Waals surface area contributed by atoms with E-state index in [-0.39, 0.29) is 15.7 Å². The van der Waals surface area contributed by atoms with Gasteiger partial charge in [0, 0.05) is 12.2 Å². The largest absolute Gasteiger partial charge is 0.495 e. The second kappa shape index (κ2) is 8.41. The van der Waals surface area contributed by atoms with Crippen molar-refractivity contribution >= 4 is 43.0 Å². The van der Waals surface area contributed by atoms with E-state index in [1.54, 1.807) is 18.2 Å². The minimum absolute atomic E-state index is 0.00757. The molecule has 0 saturated carbocycles. The number of ether oxygens (including phenoxy) is 1. The maximum Gasteiger partial charge on any atom is 0.261 e. The van der Waals surface area contributed by atoms with Gasteiger partial charge < -0.3 is 4.74 Å². The van der Waals surface area contributed by atoms with Gasteiger partial charge in [-0.05, 0) is 61.2 Å². The van der Waals surface area contributed by atoms with Crippen molar-refractivity contribution in [1.29, 1.82) is 0 Å². The summed E-state index contributed by atoms with van der Waals surface area (Å²) in [5.41, 5.74) is 1.77. The van der Waals surface area contributed by atoms with Crippen LogP contribution in [0.4, 0.5) is 11.4 Å². The first-order valence-corrected chi connectivity index (χ1v) is 12.6. The molecule has 158 valence electrons. The molecular weight excluding hydrogens is 436 g/mol. The van der Waals surface area contributed by atoms with E-state index < -0.39 is 20.0 Å². The van der Waals surface area contributed by atoms with Crippen LogP contribution in [-0.2, 0) is 26.5 Å². The Morgan fingerprint density at radius 2 is 1.90 bits per heavy atom. The second-order valence-electron chi connectivity index (χ2n) is 6.74. The molecule has 0 aromatic heterocycles. The van der Waals surface area contributed by atoms with Gasteiger partial charge in [0.05, 0.1) is 28.5 Å². The molecule has 1 N–H and O–H groups in total. The molecule has 1 aliphatic heterocycles. The van der Waals surface area contributed by atoms with E-state index in [2.05, 4.69) is 4.72 Å². The van der Waals surface area contributed by atoms with Crippen molar-refractivity contribution in [3.05, 3.63) is 47.0 Å². The van der Waals surface area contributed by atoms with Gasteiger partial charge in [0.15, 0.2) is 0 Å². The highest BCUT2D eigenvalue weighted by Crippen LogP contribution is 2.33. The lowest BCUT2D eigenvalue weighted by atomic mass is 10.0. The molecule has 29 heavy (non-hydrogen) atoms. The molecule has 0 radical (unpaired) electrons. The third kappa shape index (κ3) is 4.62. The van der Waals surface area contributed by atoms with Crippen LogP contribution in [-0.4, -0.2) is 36.2 Å². The van der Waals surface area contributed by atoms with Crippen molar-refractivity contribution in [1.82, 2.24) is 0 Å². The Morgan fingerprint density at radius 3 is 2.55 bits per heavy atom. The van der Waals surface area contributed by atoms with Crippen LogP contribution in [0.15, 0.2) is 41.3 Å². The smallest absolute Gasteiger partial charge is 0.261 e. The normalized spacial score (nSPS) is 14.4. The topological polar surface area (TPSA) is 92.8 Å². The van der Waals surface area contributed by atoms with E-state index in [0.717, 1.165) is 5.56 Å². The van der Waals surface area contributed by atoms with Gasteiger partial charge >= 0.3 is 0 Å². The number of benzene rings is 2. The first-order chi connectivity index (χ1) is 13.7. The van der Waals surface area contributed by atoms with Gasteiger partial charge in [0.25, 0.3) is 10.0 Å². The fourth-order valence-electron chi connectivity index (χ4n) is 3.31. The van der Waals surface area contributed by atoms with Gasteiger partial charge in [-0.2, -0.15) is 0 Å². The number of nitrogens with one attached hydrogen (secondary N) is 1. The number of aryl methyl sites for hydroxylation is 1. The predicted octanol–water partition coefficient (Wildman–Crippen LogP) is 3.64. The SMILES string of the molecule is CCCS(=O)(=O)N1CCCc2cc(NS(=O)(=O)c3ccc(OC)c(Cl)c3)ccc21. The predicted molar refractivity (Wildman–Crippen MR) is 115 cm³/mol. The molecule has 2 aromatic carbocycles. The zero-order valence-corrected chi connectivity index (χ0v) is 18.6. The molecule has 10 heteroatoms. The molecule has 0 unspecified atom stereocenters. The highest BCUT2D eigenvalue weighted by Gasteiger charge is 2.27. The van der Waals surface area contributed by atoms with Crippen LogP contribution in [0.3, 0.4) is 0 Å². The average Bonchev–Trinajstić information content (AvgIpc) is 2.67. The number of hydrogen-bond acceptors (Lipinski definition) is 5. The lowest BCUT2D eigenvalue weighted by Crippen LogP contribution is -2.37. The number of halogens is 1. The summed E-state index contributed by atoms with van der Waals surface area (Å²) >= 11 is 6.04. The van der Waals surface area contributed by atoms with Crippen LogP contribution in [0.1, 0.15) is 25.3 Å². The minimum Gasteiger partial charge on any atom is -0.495 e. The first kappa shape index (κ1) is 21.7. The number of rotatable bonds is 7. The average molecular weight is 459 g/mol. The van der Waals surface area contributed by atoms with Crippen LogP contribution in [0, 0.1) is 0 Å². The summed E-state index contributed by atoms with van der Waals surface area (Å²) in [5.74, 6) is 0.465. The third-order valence-electron chi connectivity index (χ3n) is 4.64. The van der Waals surface area contributed by atoms with E-state index in [1.807, 2.05) is 6.92 Å². The molecule has 7 nitrogen and oxygen atoms in total. The number of nitrogens with zero attached hydrogens (tertiary/aromatic N) is 1. The molecule has 0 fully saturated rings. The Bertz CT molecular complexity index is 1120. The second-order valence-corrected chi connectivity index (χ2v) is 10.8. The third-order valence-corrected chi connectivity index (χ3v) is 8.29. The van der Waals surface area contributed by atoms with Crippen molar-refractivity contribution < 1.29 is 21.6 Å². The highest BCUT2D eigenvalue weighted by atomic mass is 35.5. The molecule has 1 heterocycles. The van der Waals surface area contributed by atoms with Crippen LogP contribution in [0.2, 0.25) is 5.02 Å². The summed E-state index contributed by atoms with van der Waals surface area (Å²) in [6.07, 6.45) is 1.90. The first-order valence-electron chi connectivity index (χ1n) is 9.17. The zero-order chi connectivity index (χ0) is 21.2.